The summed E-state index contributed by atoms with van der Waals surface area (Å²) in [5.74, 6) is -0.924. The van der Waals surface area contributed by atoms with E-state index in [1.54, 1.807) is 12.1 Å². The fourth-order valence-electron chi connectivity index (χ4n) is 3.05. The summed E-state index contributed by atoms with van der Waals surface area (Å²) in [6, 6.07) is 9.84. The normalized spacial score (nSPS) is 12.3. The van der Waals surface area contributed by atoms with Gasteiger partial charge in [0.25, 0.3) is 0 Å². The molecule has 25 heavy (non-hydrogen) atoms. The van der Waals surface area contributed by atoms with Crippen LogP contribution in [0, 0.1) is 13.8 Å². The predicted octanol–water partition coefficient (Wildman–Crippen LogP) is 3.43. The molecule has 5 nitrogen and oxygen atoms in total. The molecule has 5 N–H and O–H groups in total. The number of aliphatic carboxylic acids is 1. The van der Waals surface area contributed by atoms with E-state index in [-0.39, 0.29) is 17.4 Å². The molecule has 2 aromatic rings. The molecule has 134 valence electrons. The Balaban J connectivity index is 2.36. The molecule has 1 unspecified atom stereocenters. The highest BCUT2D eigenvalue weighted by atomic mass is 16.4. The Labute approximate surface area is 147 Å². The average Bonchev–Trinajstić information content (AvgIpc) is 2.56. The van der Waals surface area contributed by atoms with Crippen LogP contribution < -0.4 is 5.73 Å². The van der Waals surface area contributed by atoms with Crippen LogP contribution in [-0.2, 0) is 4.79 Å². The molecule has 0 amide bonds. The third-order valence-corrected chi connectivity index (χ3v) is 4.44. The summed E-state index contributed by atoms with van der Waals surface area (Å²) >= 11 is 0. The van der Waals surface area contributed by atoms with Gasteiger partial charge in [-0.15, -0.1) is 0 Å². The van der Waals surface area contributed by atoms with Crippen molar-refractivity contribution in [1.29, 1.82) is 0 Å². The third-order valence-electron chi connectivity index (χ3n) is 4.44. The van der Waals surface area contributed by atoms with Crippen molar-refractivity contribution < 1.29 is 20.1 Å². The zero-order valence-electron chi connectivity index (χ0n) is 14.6. The number of phenols is 2. The highest BCUT2D eigenvalue weighted by Gasteiger charge is 2.22. The number of benzene rings is 2. The molecule has 0 aromatic heterocycles. The van der Waals surface area contributed by atoms with Crippen LogP contribution in [0.25, 0.3) is 0 Å². The second-order valence-corrected chi connectivity index (χ2v) is 6.55. The lowest BCUT2D eigenvalue weighted by molar-refractivity contribution is -0.138. The van der Waals surface area contributed by atoms with Crippen LogP contribution in [0.5, 0.6) is 11.5 Å². The van der Waals surface area contributed by atoms with Crippen molar-refractivity contribution in [2.45, 2.75) is 45.1 Å². The van der Waals surface area contributed by atoms with Gasteiger partial charge in [0, 0.05) is 17.0 Å². The lowest BCUT2D eigenvalue weighted by Crippen LogP contribution is -2.29. The molecule has 0 fully saturated rings. The topological polar surface area (TPSA) is 104 Å². The van der Waals surface area contributed by atoms with Gasteiger partial charge in [-0.05, 0) is 38.8 Å². The van der Waals surface area contributed by atoms with E-state index in [9.17, 15) is 15.0 Å². The van der Waals surface area contributed by atoms with Crippen LogP contribution >= 0.6 is 0 Å². The van der Waals surface area contributed by atoms with Gasteiger partial charge >= 0.3 is 5.97 Å². The summed E-state index contributed by atoms with van der Waals surface area (Å²) in [7, 11) is 0. The first kappa shape index (κ1) is 18.8. The molecule has 0 radical (unpaired) electrons. The Kier molecular flexibility index (Phi) is 6.04. The SMILES string of the molecule is Cc1ccc(O)c(C(CCCC(N)C(=O)O)c2cc(C)ccc2O)c1. The smallest absolute Gasteiger partial charge is 0.320 e. The van der Waals surface area contributed by atoms with E-state index >= 15 is 0 Å². The number of hydrogen-bond acceptors (Lipinski definition) is 4. The van der Waals surface area contributed by atoms with Gasteiger partial charge in [0.05, 0.1) is 0 Å². The number of aromatic hydroxyl groups is 2. The Morgan fingerprint density at radius 1 is 0.960 bits per heavy atom. The van der Waals surface area contributed by atoms with Crippen molar-refractivity contribution >= 4 is 5.97 Å². The van der Waals surface area contributed by atoms with Crippen molar-refractivity contribution in [3.63, 3.8) is 0 Å². The van der Waals surface area contributed by atoms with Gasteiger partial charge in [-0.1, -0.05) is 41.8 Å². The summed E-state index contributed by atoms with van der Waals surface area (Å²) in [5.41, 5.74) is 9.06. The number of carbonyl (C=O) groups is 1. The number of nitrogens with two attached hydrogens (primary N) is 1. The number of hydrogen-bond donors (Lipinski definition) is 4. The lowest BCUT2D eigenvalue weighted by atomic mass is 9.84. The summed E-state index contributed by atoms with van der Waals surface area (Å²) in [5, 5.41) is 29.6. The molecule has 0 spiro atoms. The summed E-state index contributed by atoms with van der Waals surface area (Å²) < 4.78 is 0. The highest BCUT2D eigenvalue weighted by Crippen LogP contribution is 2.39. The van der Waals surface area contributed by atoms with Crippen molar-refractivity contribution in [2.24, 2.45) is 5.73 Å². The number of aryl methyl sites for hydroxylation is 2. The highest BCUT2D eigenvalue weighted by molar-refractivity contribution is 5.72. The second-order valence-electron chi connectivity index (χ2n) is 6.55. The summed E-state index contributed by atoms with van der Waals surface area (Å²) in [6.07, 6.45) is 1.49. The second kappa shape index (κ2) is 8.03. The van der Waals surface area contributed by atoms with Gasteiger partial charge in [-0.2, -0.15) is 0 Å². The molecular weight excluding hydrogens is 318 g/mol. The fraction of sp³-hybridized carbons (Fsp3) is 0.350. The van der Waals surface area contributed by atoms with E-state index in [2.05, 4.69) is 0 Å². The first-order chi connectivity index (χ1) is 11.8. The Bertz CT molecular complexity index is 706. The van der Waals surface area contributed by atoms with E-state index in [0.29, 0.717) is 19.3 Å². The minimum atomic E-state index is -1.02. The molecular formula is C20H25NO4. The zero-order chi connectivity index (χ0) is 18.6. The van der Waals surface area contributed by atoms with Gasteiger partial charge in [0.15, 0.2) is 0 Å². The van der Waals surface area contributed by atoms with E-state index in [1.165, 1.54) is 0 Å². The molecule has 0 bridgehead atoms. The van der Waals surface area contributed by atoms with Crippen molar-refractivity contribution in [2.75, 3.05) is 0 Å². The minimum Gasteiger partial charge on any atom is -0.508 e. The first-order valence-electron chi connectivity index (χ1n) is 8.37. The van der Waals surface area contributed by atoms with Crippen LogP contribution in [0.2, 0.25) is 0 Å². The number of carboxylic acid groups (broad SMARTS) is 1. The monoisotopic (exact) mass is 343 g/mol. The molecule has 0 aliphatic carbocycles. The molecule has 0 heterocycles. The maximum absolute atomic E-state index is 10.9. The molecule has 2 rings (SSSR count). The van der Waals surface area contributed by atoms with Crippen LogP contribution in [0.3, 0.4) is 0 Å². The summed E-state index contributed by atoms with van der Waals surface area (Å²) in [6.45, 7) is 3.88. The predicted molar refractivity (Wildman–Crippen MR) is 97.0 cm³/mol. The van der Waals surface area contributed by atoms with E-state index < -0.39 is 12.0 Å². The Morgan fingerprint density at radius 3 is 1.88 bits per heavy atom. The molecule has 0 saturated carbocycles. The van der Waals surface area contributed by atoms with E-state index in [1.807, 2.05) is 38.1 Å². The Hall–Kier alpha value is -2.53. The van der Waals surface area contributed by atoms with Gasteiger partial charge in [0.2, 0.25) is 0 Å². The quantitative estimate of drug-likeness (QED) is 0.616. The molecule has 0 aliphatic heterocycles. The lowest BCUT2D eigenvalue weighted by Gasteiger charge is -2.21. The van der Waals surface area contributed by atoms with Gasteiger partial charge in [0.1, 0.15) is 17.5 Å². The number of carboxylic acids is 1. The average molecular weight is 343 g/mol. The van der Waals surface area contributed by atoms with Crippen LogP contribution in [0.1, 0.15) is 47.4 Å². The fourth-order valence-corrected chi connectivity index (χ4v) is 3.05. The zero-order valence-corrected chi connectivity index (χ0v) is 14.6. The van der Waals surface area contributed by atoms with Gasteiger partial charge in [-0.25, -0.2) is 0 Å². The maximum atomic E-state index is 10.9. The summed E-state index contributed by atoms with van der Waals surface area (Å²) in [4.78, 5) is 10.9. The first-order valence-corrected chi connectivity index (χ1v) is 8.37. The molecule has 1 atom stereocenters. The van der Waals surface area contributed by atoms with Gasteiger partial charge < -0.3 is 21.1 Å². The van der Waals surface area contributed by atoms with Crippen LogP contribution in [0.4, 0.5) is 0 Å². The van der Waals surface area contributed by atoms with Crippen LogP contribution in [0.15, 0.2) is 36.4 Å². The van der Waals surface area contributed by atoms with Crippen LogP contribution in [-0.4, -0.2) is 27.3 Å². The molecule has 2 aromatic carbocycles. The molecule has 0 aliphatic rings. The van der Waals surface area contributed by atoms with Gasteiger partial charge in [-0.3, -0.25) is 4.79 Å². The molecule has 5 heteroatoms. The van der Waals surface area contributed by atoms with E-state index in [0.717, 1.165) is 22.3 Å². The standard InChI is InChI=1S/C20H25NO4/c1-12-6-8-18(22)15(10-12)14(4-3-5-17(21)20(24)25)16-11-13(2)7-9-19(16)23/h6-11,14,17,22-23H,3-5,21H2,1-2H3,(H,24,25). The third kappa shape index (κ3) is 4.73. The van der Waals surface area contributed by atoms with Crippen molar-refractivity contribution in [1.82, 2.24) is 0 Å². The number of rotatable bonds is 7. The largest absolute Gasteiger partial charge is 0.508 e. The van der Waals surface area contributed by atoms with Crippen molar-refractivity contribution in [3.8, 4) is 11.5 Å². The molecule has 0 saturated heterocycles. The maximum Gasteiger partial charge on any atom is 0.320 e. The minimum absolute atomic E-state index is 0.166. The van der Waals surface area contributed by atoms with Crippen molar-refractivity contribution in [3.05, 3.63) is 58.7 Å². The van der Waals surface area contributed by atoms with E-state index in [4.69, 9.17) is 10.8 Å². The number of phenolic OH excluding ortho intramolecular Hbond substituents is 2. The Morgan fingerprint density at radius 2 is 1.44 bits per heavy atom.